The molecule has 198 valence electrons. The van der Waals surface area contributed by atoms with Crippen LogP contribution < -0.4 is 4.74 Å². The number of hydrogen-bond donors (Lipinski definition) is 0. The number of carbonyl (C=O) groups is 1. The molecule has 2 saturated carbocycles. The second-order valence-electron chi connectivity index (χ2n) is 11.7. The molecule has 4 rings (SSSR count). The topological polar surface area (TPSA) is 72.9 Å². The SMILES string of the molecule is C=CC[C@H](C(=O)N1C2CC3CCC2(CS1(=O)=O)C3(C)C)[C@@H](C)CC(=C)COCc1ccc(OC)cc1. The molecule has 1 amide bonds. The van der Waals surface area contributed by atoms with E-state index >= 15 is 0 Å². The third kappa shape index (κ3) is 4.53. The maximum Gasteiger partial charge on any atom is 0.240 e. The highest BCUT2D eigenvalue weighted by molar-refractivity contribution is 7.90. The number of amides is 1. The number of fused-ring (bicyclic) bond motifs is 1. The van der Waals surface area contributed by atoms with E-state index in [1.54, 1.807) is 13.2 Å². The van der Waals surface area contributed by atoms with E-state index in [0.717, 1.165) is 36.1 Å². The van der Waals surface area contributed by atoms with Crippen LogP contribution in [0.25, 0.3) is 0 Å². The van der Waals surface area contributed by atoms with Crippen molar-refractivity contribution in [3.8, 4) is 5.75 Å². The summed E-state index contributed by atoms with van der Waals surface area (Å²) in [4.78, 5) is 13.9. The second-order valence-corrected chi connectivity index (χ2v) is 13.5. The zero-order valence-electron chi connectivity index (χ0n) is 22.2. The van der Waals surface area contributed by atoms with E-state index in [2.05, 4.69) is 27.0 Å². The molecule has 3 aliphatic rings. The van der Waals surface area contributed by atoms with Crippen molar-refractivity contribution in [3.05, 3.63) is 54.6 Å². The van der Waals surface area contributed by atoms with Crippen molar-refractivity contribution >= 4 is 15.9 Å². The number of allylic oxidation sites excluding steroid dienone is 1. The first-order valence-electron chi connectivity index (χ1n) is 13.0. The Kier molecular flexibility index (Phi) is 7.46. The summed E-state index contributed by atoms with van der Waals surface area (Å²) in [6, 6.07) is 7.51. The smallest absolute Gasteiger partial charge is 0.240 e. The van der Waals surface area contributed by atoms with Gasteiger partial charge in [0.15, 0.2) is 0 Å². The van der Waals surface area contributed by atoms with Crippen molar-refractivity contribution in [1.82, 2.24) is 4.31 Å². The van der Waals surface area contributed by atoms with E-state index in [0.29, 0.717) is 32.0 Å². The molecule has 3 fully saturated rings. The molecule has 1 saturated heterocycles. The van der Waals surface area contributed by atoms with Crippen LogP contribution in [0, 0.1) is 28.6 Å². The van der Waals surface area contributed by atoms with Gasteiger partial charge in [0.2, 0.25) is 15.9 Å². The molecule has 1 aromatic rings. The molecule has 7 heteroatoms. The van der Waals surface area contributed by atoms with Crippen LogP contribution in [0.5, 0.6) is 5.75 Å². The van der Waals surface area contributed by atoms with E-state index < -0.39 is 15.9 Å². The molecular formula is C29H41NO5S. The molecule has 0 N–H and O–H groups in total. The first kappa shape index (κ1) is 26.9. The number of benzene rings is 1. The minimum atomic E-state index is -3.64. The van der Waals surface area contributed by atoms with E-state index in [4.69, 9.17) is 9.47 Å². The van der Waals surface area contributed by atoms with E-state index in [9.17, 15) is 13.2 Å². The molecular weight excluding hydrogens is 474 g/mol. The second kappa shape index (κ2) is 9.97. The predicted octanol–water partition coefficient (Wildman–Crippen LogP) is 5.35. The molecule has 0 radical (unpaired) electrons. The summed E-state index contributed by atoms with van der Waals surface area (Å²) < 4.78 is 39.1. The van der Waals surface area contributed by atoms with Gasteiger partial charge in [-0.3, -0.25) is 4.79 Å². The Balaban J connectivity index is 1.40. The molecule has 1 aromatic carbocycles. The lowest BCUT2D eigenvalue weighted by atomic mass is 9.69. The molecule has 1 heterocycles. The van der Waals surface area contributed by atoms with Gasteiger partial charge in [-0.05, 0) is 67.1 Å². The average molecular weight is 516 g/mol. The Morgan fingerprint density at radius 1 is 1.28 bits per heavy atom. The maximum atomic E-state index is 13.9. The van der Waals surface area contributed by atoms with Crippen molar-refractivity contribution in [2.75, 3.05) is 19.5 Å². The summed E-state index contributed by atoms with van der Waals surface area (Å²) >= 11 is 0. The molecule has 1 aliphatic heterocycles. The Labute approximate surface area is 216 Å². The van der Waals surface area contributed by atoms with Gasteiger partial charge in [-0.1, -0.05) is 51.1 Å². The van der Waals surface area contributed by atoms with Crippen LogP contribution in [0.3, 0.4) is 0 Å². The number of rotatable bonds is 11. The van der Waals surface area contributed by atoms with Crippen LogP contribution in [-0.4, -0.2) is 44.1 Å². The van der Waals surface area contributed by atoms with Crippen molar-refractivity contribution in [2.24, 2.45) is 28.6 Å². The molecule has 6 nitrogen and oxygen atoms in total. The number of carbonyl (C=O) groups excluding carboxylic acids is 1. The van der Waals surface area contributed by atoms with Gasteiger partial charge in [0, 0.05) is 11.3 Å². The van der Waals surface area contributed by atoms with E-state index in [1.165, 1.54) is 4.31 Å². The molecule has 2 aliphatic carbocycles. The average Bonchev–Trinajstić information content (AvgIpc) is 3.30. The van der Waals surface area contributed by atoms with Crippen molar-refractivity contribution < 1.29 is 22.7 Å². The fourth-order valence-corrected chi connectivity index (χ4v) is 9.77. The number of sulfonamides is 1. The molecule has 3 unspecified atom stereocenters. The Morgan fingerprint density at radius 3 is 2.58 bits per heavy atom. The summed E-state index contributed by atoms with van der Waals surface area (Å²) in [7, 11) is -2.01. The largest absolute Gasteiger partial charge is 0.497 e. The van der Waals surface area contributed by atoms with Crippen LogP contribution in [0.2, 0.25) is 0 Å². The van der Waals surface area contributed by atoms with Crippen LogP contribution in [-0.2, 0) is 26.2 Å². The third-order valence-electron chi connectivity index (χ3n) is 9.40. The standard InChI is InChI=1S/C29H41NO5S/c1-7-8-25(21(3)15-20(2)17-35-18-22-9-11-24(34-6)12-10-22)27(31)30-26-16-23-13-14-29(26,28(23,4)5)19-36(30,32)33/h7,9-12,21,23,25-26H,1-2,8,13-19H2,3-6H3/t21-,23?,25-,26?,29?/m0/s1. The zero-order valence-corrected chi connectivity index (χ0v) is 23.0. The highest BCUT2D eigenvalue weighted by Crippen LogP contribution is 2.70. The van der Waals surface area contributed by atoms with Crippen LogP contribution in [0.1, 0.15) is 58.4 Å². The fraction of sp³-hybridized carbons (Fsp3) is 0.621. The first-order chi connectivity index (χ1) is 17.0. The molecule has 1 spiro atoms. The monoisotopic (exact) mass is 515 g/mol. The lowest BCUT2D eigenvalue weighted by Gasteiger charge is -2.38. The summed E-state index contributed by atoms with van der Waals surface area (Å²) in [6.45, 7) is 15.3. The van der Waals surface area contributed by atoms with Crippen molar-refractivity contribution in [1.29, 1.82) is 0 Å². The Bertz CT molecular complexity index is 1110. The number of hydrogen-bond acceptors (Lipinski definition) is 5. The lowest BCUT2D eigenvalue weighted by Crippen LogP contribution is -2.47. The van der Waals surface area contributed by atoms with Crippen molar-refractivity contribution in [3.63, 3.8) is 0 Å². The van der Waals surface area contributed by atoms with Gasteiger partial charge < -0.3 is 9.47 Å². The Hall–Kier alpha value is -2.12. The fourth-order valence-electron chi connectivity index (χ4n) is 7.19. The van der Waals surface area contributed by atoms with E-state index in [-0.39, 0.29) is 34.4 Å². The lowest BCUT2D eigenvalue weighted by molar-refractivity contribution is -0.134. The third-order valence-corrected chi connectivity index (χ3v) is 11.3. The van der Waals surface area contributed by atoms with Gasteiger partial charge in [0.05, 0.1) is 32.1 Å². The normalized spacial score (nSPS) is 28.9. The molecule has 0 aromatic heterocycles. The van der Waals surface area contributed by atoms with Crippen LogP contribution in [0.4, 0.5) is 0 Å². The number of methoxy groups -OCH3 is 1. The maximum absolute atomic E-state index is 13.9. The molecule has 5 atom stereocenters. The summed E-state index contributed by atoms with van der Waals surface area (Å²) in [5, 5.41) is 0. The number of nitrogens with zero attached hydrogens (tertiary/aromatic N) is 1. The van der Waals surface area contributed by atoms with E-state index in [1.807, 2.05) is 31.2 Å². The minimum Gasteiger partial charge on any atom is -0.497 e. The predicted molar refractivity (Wildman–Crippen MR) is 142 cm³/mol. The van der Waals surface area contributed by atoms with Gasteiger partial charge in [-0.15, -0.1) is 6.58 Å². The first-order valence-corrected chi connectivity index (χ1v) is 14.6. The van der Waals surface area contributed by atoms with Crippen molar-refractivity contribution in [2.45, 2.75) is 65.5 Å². The van der Waals surface area contributed by atoms with Gasteiger partial charge >= 0.3 is 0 Å². The van der Waals surface area contributed by atoms with Gasteiger partial charge in [0.25, 0.3) is 0 Å². The zero-order chi connectivity index (χ0) is 26.3. The summed E-state index contributed by atoms with van der Waals surface area (Å²) in [5.74, 6) is 0.584. The highest BCUT2D eigenvalue weighted by Gasteiger charge is 2.72. The summed E-state index contributed by atoms with van der Waals surface area (Å²) in [5.41, 5.74) is 1.56. The van der Waals surface area contributed by atoms with Gasteiger partial charge in [-0.2, -0.15) is 0 Å². The molecule has 2 bridgehead atoms. The highest BCUT2D eigenvalue weighted by atomic mass is 32.2. The van der Waals surface area contributed by atoms with Gasteiger partial charge in [0.1, 0.15) is 5.75 Å². The quantitative estimate of drug-likeness (QED) is 0.371. The van der Waals surface area contributed by atoms with Crippen LogP contribution in [0.15, 0.2) is 49.1 Å². The Morgan fingerprint density at radius 2 is 1.97 bits per heavy atom. The van der Waals surface area contributed by atoms with Gasteiger partial charge in [-0.25, -0.2) is 12.7 Å². The number of ether oxygens (including phenoxy) is 2. The summed E-state index contributed by atoms with van der Waals surface area (Å²) in [6.07, 6.45) is 5.50. The molecule has 36 heavy (non-hydrogen) atoms. The van der Waals surface area contributed by atoms with Crippen LogP contribution >= 0.6 is 0 Å². The minimum absolute atomic E-state index is 0.0607.